The van der Waals surface area contributed by atoms with Crippen molar-refractivity contribution in [3.8, 4) is 0 Å². The Morgan fingerprint density at radius 3 is 3.08 bits per heavy atom. The summed E-state index contributed by atoms with van der Waals surface area (Å²) >= 11 is 0. The molecule has 0 unspecified atom stereocenters. The molecule has 0 atom stereocenters. The van der Waals surface area contributed by atoms with Gasteiger partial charge in [0.25, 0.3) is 5.78 Å². The van der Waals surface area contributed by atoms with Gasteiger partial charge in [0, 0.05) is 0 Å². The highest BCUT2D eigenvalue weighted by Gasteiger charge is 2.04. The lowest BCUT2D eigenvalue weighted by atomic mass is 10.5. The number of nitrogens with one attached hydrogen (secondary N) is 1. The number of aryl methyl sites for hydroxylation is 1. The number of hydrogen-bond acceptors (Lipinski definition) is 7. The Hall–Kier alpha value is -1.83. The zero-order chi connectivity index (χ0) is 8.55. The fraction of sp³-hybridized carbons (Fsp3) is 0.250. The van der Waals surface area contributed by atoms with E-state index in [2.05, 4.69) is 31.0 Å². The minimum atomic E-state index is 0.313. The van der Waals surface area contributed by atoms with Crippen LogP contribution >= 0.6 is 0 Å². The van der Waals surface area contributed by atoms with Gasteiger partial charge in [0.15, 0.2) is 5.82 Å². The fourth-order valence-electron chi connectivity index (χ4n) is 0.817. The number of nitrogens with two attached hydrogens (primary N) is 1. The van der Waals surface area contributed by atoms with Crippen molar-refractivity contribution in [2.24, 2.45) is 5.84 Å². The molecule has 2 heterocycles. The lowest BCUT2D eigenvalue weighted by molar-refractivity contribution is 0.714. The van der Waals surface area contributed by atoms with E-state index in [-0.39, 0.29) is 0 Å². The molecule has 62 valence electrons. The van der Waals surface area contributed by atoms with Gasteiger partial charge in [-0.3, -0.25) is 0 Å². The molecule has 0 radical (unpaired) electrons. The molecule has 8 heteroatoms. The standard InChI is InChI=1S/C4H6N8/c1-2-3(7-5)6-4-8-10-11-12(4)9-2/h5H2,1H3,(H,6,7,8,11). The van der Waals surface area contributed by atoms with E-state index >= 15 is 0 Å². The third kappa shape index (κ3) is 0.855. The Balaban J connectivity index is 2.73. The van der Waals surface area contributed by atoms with Gasteiger partial charge in [0.2, 0.25) is 0 Å². The Morgan fingerprint density at radius 2 is 2.33 bits per heavy atom. The second-order valence-corrected chi connectivity index (χ2v) is 2.16. The molecule has 0 spiro atoms. The molecule has 2 aromatic heterocycles. The Bertz CT molecular complexity index is 404. The van der Waals surface area contributed by atoms with Gasteiger partial charge in [-0.2, -0.15) is 4.98 Å². The molecule has 0 saturated carbocycles. The van der Waals surface area contributed by atoms with Crippen LogP contribution in [0.25, 0.3) is 5.78 Å². The summed E-state index contributed by atoms with van der Waals surface area (Å²) in [5.41, 5.74) is 3.03. The summed E-state index contributed by atoms with van der Waals surface area (Å²) in [4.78, 5) is 3.98. The molecule has 0 fully saturated rings. The highest BCUT2D eigenvalue weighted by Crippen LogP contribution is 2.04. The van der Waals surface area contributed by atoms with Crippen molar-refractivity contribution >= 4 is 11.6 Å². The van der Waals surface area contributed by atoms with Crippen LogP contribution in [0.1, 0.15) is 5.69 Å². The van der Waals surface area contributed by atoms with E-state index in [0.29, 0.717) is 17.3 Å². The first kappa shape index (κ1) is 6.85. The number of nitrogen functional groups attached to an aromatic ring is 1. The van der Waals surface area contributed by atoms with Gasteiger partial charge in [-0.05, 0) is 17.4 Å². The Morgan fingerprint density at radius 1 is 1.50 bits per heavy atom. The van der Waals surface area contributed by atoms with Crippen LogP contribution in [0, 0.1) is 6.92 Å². The maximum atomic E-state index is 5.18. The van der Waals surface area contributed by atoms with Crippen molar-refractivity contribution in [2.45, 2.75) is 6.92 Å². The van der Waals surface area contributed by atoms with Crippen molar-refractivity contribution in [3.63, 3.8) is 0 Å². The minimum Gasteiger partial charge on any atom is -0.307 e. The minimum absolute atomic E-state index is 0.313. The fourth-order valence-corrected chi connectivity index (χ4v) is 0.817. The second kappa shape index (κ2) is 2.34. The molecule has 0 aliphatic rings. The third-order valence-electron chi connectivity index (χ3n) is 1.37. The van der Waals surface area contributed by atoms with E-state index < -0.39 is 0 Å². The molecule has 0 bridgehead atoms. The largest absolute Gasteiger partial charge is 0.307 e. The van der Waals surface area contributed by atoms with E-state index in [1.807, 2.05) is 0 Å². The van der Waals surface area contributed by atoms with Crippen molar-refractivity contribution in [1.82, 2.24) is 30.2 Å². The molecule has 0 amide bonds. The van der Waals surface area contributed by atoms with Crippen LogP contribution in [0.2, 0.25) is 0 Å². The van der Waals surface area contributed by atoms with Crippen molar-refractivity contribution in [1.29, 1.82) is 0 Å². The molecule has 2 rings (SSSR count). The first-order chi connectivity index (χ1) is 5.81. The molecule has 0 saturated heterocycles. The SMILES string of the molecule is Cc1nn2nnnc2nc1NN. The van der Waals surface area contributed by atoms with E-state index in [0.717, 1.165) is 0 Å². The van der Waals surface area contributed by atoms with E-state index in [1.54, 1.807) is 6.92 Å². The predicted molar refractivity (Wildman–Crippen MR) is 38.9 cm³/mol. The van der Waals surface area contributed by atoms with Crippen LogP contribution in [0.15, 0.2) is 0 Å². The second-order valence-electron chi connectivity index (χ2n) is 2.16. The first-order valence-corrected chi connectivity index (χ1v) is 3.21. The van der Waals surface area contributed by atoms with E-state index in [4.69, 9.17) is 5.84 Å². The molecule has 0 aliphatic heterocycles. The maximum Gasteiger partial charge on any atom is 0.293 e. The first-order valence-electron chi connectivity index (χ1n) is 3.21. The summed E-state index contributed by atoms with van der Waals surface area (Å²) in [6, 6.07) is 0. The van der Waals surface area contributed by atoms with Crippen molar-refractivity contribution in [2.75, 3.05) is 5.43 Å². The van der Waals surface area contributed by atoms with Crippen LogP contribution in [0.3, 0.4) is 0 Å². The monoisotopic (exact) mass is 166 g/mol. The Kier molecular flexibility index (Phi) is 1.34. The molecule has 0 aromatic carbocycles. The predicted octanol–water partition coefficient (Wildman–Crippen LogP) is -1.49. The summed E-state index contributed by atoms with van der Waals surface area (Å²) in [6.45, 7) is 1.75. The summed E-state index contributed by atoms with van der Waals surface area (Å²) in [7, 11) is 0. The highest BCUT2D eigenvalue weighted by molar-refractivity contribution is 5.41. The van der Waals surface area contributed by atoms with E-state index in [9.17, 15) is 0 Å². The smallest absolute Gasteiger partial charge is 0.293 e. The number of hydrazine groups is 1. The average molecular weight is 166 g/mol. The van der Waals surface area contributed by atoms with Crippen LogP contribution in [0.4, 0.5) is 5.82 Å². The molecule has 3 N–H and O–H groups in total. The number of aromatic nitrogens is 6. The number of fused-ring (bicyclic) bond motifs is 1. The molecule has 0 aliphatic carbocycles. The van der Waals surface area contributed by atoms with Gasteiger partial charge < -0.3 is 5.43 Å². The molecule has 12 heavy (non-hydrogen) atoms. The quantitative estimate of drug-likeness (QED) is 0.392. The van der Waals surface area contributed by atoms with Crippen molar-refractivity contribution in [3.05, 3.63) is 5.69 Å². The van der Waals surface area contributed by atoms with Gasteiger partial charge in [-0.15, -0.1) is 5.10 Å². The Labute approximate surface area is 66.7 Å². The summed E-state index contributed by atoms with van der Waals surface area (Å²) < 4.78 is 1.23. The molecule has 8 nitrogen and oxygen atoms in total. The topological polar surface area (TPSA) is 107 Å². The van der Waals surface area contributed by atoms with Gasteiger partial charge in [-0.1, -0.05) is 9.73 Å². The zero-order valence-corrected chi connectivity index (χ0v) is 6.26. The molecule has 2 aromatic rings. The maximum absolute atomic E-state index is 5.18. The third-order valence-corrected chi connectivity index (χ3v) is 1.37. The van der Waals surface area contributed by atoms with Gasteiger partial charge in [-0.25, -0.2) is 5.84 Å². The number of anilines is 1. The number of nitrogens with zero attached hydrogens (tertiary/aromatic N) is 6. The zero-order valence-electron chi connectivity index (χ0n) is 6.26. The van der Waals surface area contributed by atoms with Crippen LogP contribution < -0.4 is 11.3 Å². The lowest BCUT2D eigenvalue weighted by Crippen LogP contribution is -2.13. The number of hydrogen-bond donors (Lipinski definition) is 2. The summed E-state index contributed by atoms with van der Waals surface area (Å²) in [5, 5.41) is 14.5. The van der Waals surface area contributed by atoms with Crippen LogP contribution in [-0.4, -0.2) is 30.2 Å². The molecular weight excluding hydrogens is 160 g/mol. The van der Waals surface area contributed by atoms with Crippen LogP contribution in [-0.2, 0) is 0 Å². The lowest BCUT2D eigenvalue weighted by Gasteiger charge is -1.99. The van der Waals surface area contributed by atoms with Crippen LogP contribution in [0.5, 0.6) is 0 Å². The molecular formula is C4H6N8. The summed E-state index contributed by atoms with van der Waals surface area (Å²) in [6.07, 6.45) is 0. The van der Waals surface area contributed by atoms with E-state index in [1.165, 1.54) is 4.63 Å². The number of tetrazole rings is 1. The summed E-state index contributed by atoms with van der Waals surface area (Å²) in [5.74, 6) is 5.96. The van der Waals surface area contributed by atoms with Gasteiger partial charge >= 0.3 is 0 Å². The highest BCUT2D eigenvalue weighted by atomic mass is 15.6. The average Bonchev–Trinajstić information content (AvgIpc) is 2.49. The normalized spacial score (nSPS) is 10.5. The van der Waals surface area contributed by atoms with Gasteiger partial charge in [0.05, 0.1) is 0 Å². The van der Waals surface area contributed by atoms with Gasteiger partial charge in [0.1, 0.15) is 5.69 Å². The van der Waals surface area contributed by atoms with Crippen molar-refractivity contribution < 1.29 is 0 Å². The number of rotatable bonds is 1.